The number of hydrogen-bond acceptors (Lipinski definition) is 4. The van der Waals surface area contributed by atoms with Crippen molar-refractivity contribution in [2.45, 2.75) is 6.42 Å². The van der Waals surface area contributed by atoms with Crippen molar-refractivity contribution in [2.24, 2.45) is 0 Å². The van der Waals surface area contributed by atoms with E-state index in [1.54, 1.807) is 18.2 Å². The van der Waals surface area contributed by atoms with E-state index in [4.69, 9.17) is 23.2 Å². The van der Waals surface area contributed by atoms with Crippen molar-refractivity contribution >= 4 is 46.4 Å². The standard InChI is InChI=1S/C19H14Cl2N4O/c20-15-6-5-14(9-16(15)21)24-18(26)13-10-22-19(23-11-13)25-8-7-12-3-1-2-4-17(12)25/h1-6,9-11H,7-8H2,(H,24,26). The number of benzene rings is 2. The molecular weight excluding hydrogens is 371 g/mol. The van der Waals surface area contributed by atoms with E-state index in [0.717, 1.165) is 18.7 Å². The molecule has 0 aliphatic carbocycles. The van der Waals surface area contributed by atoms with Crippen molar-refractivity contribution in [3.8, 4) is 0 Å². The molecule has 0 saturated carbocycles. The van der Waals surface area contributed by atoms with Gasteiger partial charge in [0.15, 0.2) is 0 Å². The fourth-order valence-corrected chi connectivity index (χ4v) is 3.20. The van der Waals surface area contributed by atoms with Gasteiger partial charge in [-0.2, -0.15) is 0 Å². The maximum atomic E-state index is 12.4. The van der Waals surface area contributed by atoms with Crippen molar-refractivity contribution < 1.29 is 4.79 Å². The first kappa shape index (κ1) is 16.8. The molecule has 1 N–H and O–H groups in total. The number of nitrogens with one attached hydrogen (secondary N) is 1. The first-order chi connectivity index (χ1) is 12.6. The summed E-state index contributed by atoms with van der Waals surface area (Å²) in [6.07, 6.45) is 4.01. The Morgan fingerprint density at radius 2 is 1.81 bits per heavy atom. The third kappa shape index (κ3) is 3.23. The molecule has 2 heterocycles. The Morgan fingerprint density at radius 3 is 2.58 bits per heavy atom. The van der Waals surface area contributed by atoms with Gasteiger partial charge in [-0.25, -0.2) is 9.97 Å². The molecule has 0 saturated heterocycles. The van der Waals surface area contributed by atoms with E-state index >= 15 is 0 Å². The van der Waals surface area contributed by atoms with Gasteiger partial charge in [-0.05, 0) is 36.2 Å². The van der Waals surface area contributed by atoms with Crippen LogP contribution >= 0.6 is 23.2 Å². The lowest BCUT2D eigenvalue weighted by molar-refractivity contribution is 0.102. The third-order valence-electron chi connectivity index (χ3n) is 4.21. The summed E-state index contributed by atoms with van der Waals surface area (Å²) in [6, 6.07) is 13.1. The van der Waals surface area contributed by atoms with E-state index in [1.807, 2.05) is 12.1 Å². The Balaban J connectivity index is 1.51. The topological polar surface area (TPSA) is 58.1 Å². The quantitative estimate of drug-likeness (QED) is 0.708. The van der Waals surface area contributed by atoms with Crippen LogP contribution < -0.4 is 10.2 Å². The summed E-state index contributed by atoms with van der Waals surface area (Å²) in [5, 5.41) is 3.57. The third-order valence-corrected chi connectivity index (χ3v) is 4.95. The monoisotopic (exact) mass is 384 g/mol. The van der Waals surface area contributed by atoms with Gasteiger partial charge >= 0.3 is 0 Å². The zero-order valence-electron chi connectivity index (χ0n) is 13.6. The molecule has 1 amide bonds. The maximum Gasteiger partial charge on any atom is 0.258 e. The van der Waals surface area contributed by atoms with Gasteiger partial charge in [0, 0.05) is 30.3 Å². The highest BCUT2D eigenvalue weighted by atomic mass is 35.5. The van der Waals surface area contributed by atoms with Gasteiger partial charge in [-0.15, -0.1) is 0 Å². The van der Waals surface area contributed by atoms with E-state index in [-0.39, 0.29) is 5.91 Å². The minimum absolute atomic E-state index is 0.309. The van der Waals surface area contributed by atoms with Crippen molar-refractivity contribution in [3.05, 3.63) is 76.0 Å². The number of carbonyl (C=O) groups is 1. The summed E-state index contributed by atoms with van der Waals surface area (Å²) < 4.78 is 0. The lowest BCUT2D eigenvalue weighted by Gasteiger charge is -2.16. The van der Waals surface area contributed by atoms with Crippen LogP contribution in [0.25, 0.3) is 0 Å². The van der Waals surface area contributed by atoms with E-state index < -0.39 is 0 Å². The molecule has 2 aromatic carbocycles. The summed E-state index contributed by atoms with van der Waals surface area (Å²) in [5.74, 6) is 0.276. The SMILES string of the molecule is O=C(Nc1ccc(Cl)c(Cl)c1)c1cnc(N2CCc3ccccc32)nc1. The van der Waals surface area contributed by atoms with Crippen LogP contribution in [0, 0.1) is 0 Å². The number of halogens is 2. The molecule has 1 aromatic heterocycles. The number of fused-ring (bicyclic) bond motifs is 1. The average Bonchev–Trinajstić information content (AvgIpc) is 3.09. The predicted octanol–water partition coefficient (Wildman–Crippen LogP) is 4.73. The molecular formula is C19H14Cl2N4O. The highest BCUT2D eigenvalue weighted by molar-refractivity contribution is 6.42. The summed E-state index contributed by atoms with van der Waals surface area (Å²) in [4.78, 5) is 23.1. The Bertz CT molecular complexity index is 976. The van der Waals surface area contributed by atoms with Crippen molar-refractivity contribution in [1.82, 2.24) is 9.97 Å². The predicted molar refractivity (Wildman–Crippen MR) is 104 cm³/mol. The summed E-state index contributed by atoms with van der Waals surface area (Å²) >= 11 is 11.8. The summed E-state index contributed by atoms with van der Waals surface area (Å²) in [6.45, 7) is 0.828. The van der Waals surface area contributed by atoms with Crippen LogP contribution in [0.2, 0.25) is 10.0 Å². The molecule has 1 aliphatic heterocycles. The van der Waals surface area contributed by atoms with Crippen molar-refractivity contribution in [2.75, 3.05) is 16.8 Å². The Labute approximate surface area is 160 Å². The van der Waals surface area contributed by atoms with Crippen LogP contribution in [0.15, 0.2) is 54.9 Å². The van der Waals surface area contributed by atoms with Crippen molar-refractivity contribution in [3.63, 3.8) is 0 Å². The second kappa shape index (κ2) is 6.94. The number of anilines is 3. The summed E-state index contributed by atoms with van der Waals surface area (Å²) in [7, 11) is 0. The van der Waals surface area contributed by atoms with Crippen LogP contribution in [-0.4, -0.2) is 22.4 Å². The molecule has 26 heavy (non-hydrogen) atoms. The Hall–Kier alpha value is -2.63. The minimum atomic E-state index is -0.309. The molecule has 0 fully saturated rings. The van der Waals surface area contributed by atoms with Gasteiger partial charge in [0.1, 0.15) is 0 Å². The van der Waals surface area contributed by atoms with Crippen molar-refractivity contribution in [1.29, 1.82) is 0 Å². The fraction of sp³-hybridized carbons (Fsp3) is 0.105. The van der Waals surface area contributed by atoms with Gasteiger partial charge in [0.05, 0.1) is 15.6 Å². The molecule has 3 aromatic rings. The van der Waals surface area contributed by atoms with E-state index in [0.29, 0.717) is 27.2 Å². The smallest absolute Gasteiger partial charge is 0.258 e. The molecule has 5 nitrogen and oxygen atoms in total. The lowest BCUT2D eigenvalue weighted by atomic mass is 10.2. The Morgan fingerprint density at radius 1 is 1.04 bits per heavy atom. The molecule has 0 radical (unpaired) electrons. The first-order valence-electron chi connectivity index (χ1n) is 8.06. The molecule has 0 spiro atoms. The molecule has 0 bridgehead atoms. The van der Waals surface area contributed by atoms with E-state index in [9.17, 15) is 4.79 Å². The van der Waals surface area contributed by atoms with Crippen LogP contribution in [0.4, 0.5) is 17.3 Å². The van der Waals surface area contributed by atoms with Crippen LogP contribution in [0.5, 0.6) is 0 Å². The number of carbonyl (C=O) groups excluding carboxylic acids is 1. The second-order valence-corrected chi connectivity index (χ2v) is 6.70. The molecule has 7 heteroatoms. The molecule has 0 atom stereocenters. The lowest BCUT2D eigenvalue weighted by Crippen LogP contribution is -2.18. The van der Waals surface area contributed by atoms with Gasteiger partial charge in [-0.3, -0.25) is 4.79 Å². The maximum absolute atomic E-state index is 12.4. The zero-order chi connectivity index (χ0) is 18.1. The first-order valence-corrected chi connectivity index (χ1v) is 8.81. The number of aromatic nitrogens is 2. The average molecular weight is 385 g/mol. The number of nitrogens with zero attached hydrogens (tertiary/aromatic N) is 3. The number of para-hydroxylation sites is 1. The largest absolute Gasteiger partial charge is 0.322 e. The minimum Gasteiger partial charge on any atom is -0.322 e. The van der Waals surface area contributed by atoms with E-state index in [1.165, 1.54) is 18.0 Å². The number of rotatable bonds is 3. The number of hydrogen-bond donors (Lipinski definition) is 1. The van der Waals surface area contributed by atoms with Crippen LogP contribution in [-0.2, 0) is 6.42 Å². The molecule has 4 rings (SSSR count). The second-order valence-electron chi connectivity index (χ2n) is 5.89. The zero-order valence-corrected chi connectivity index (χ0v) is 15.1. The summed E-state index contributed by atoms with van der Waals surface area (Å²) in [5.41, 5.74) is 3.31. The fourth-order valence-electron chi connectivity index (χ4n) is 2.90. The van der Waals surface area contributed by atoms with Gasteiger partial charge in [-0.1, -0.05) is 41.4 Å². The number of amides is 1. The highest BCUT2D eigenvalue weighted by Crippen LogP contribution is 2.32. The van der Waals surface area contributed by atoms with Gasteiger partial charge < -0.3 is 10.2 Å². The van der Waals surface area contributed by atoms with Gasteiger partial charge in [0.2, 0.25) is 5.95 Å². The molecule has 130 valence electrons. The Kier molecular flexibility index (Phi) is 4.49. The van der Waals surface area contributed by atoms with Gasteiger partial charge in [0.25, 0.3) is 5.91 Å². The highest BCUT2D eigenvalue weighted by Gasteiger charge is 2.22. The van der Waals surface area contributed by atoms with E-state index in [2.05, 4.69) is 32.3 Å². The molecule has 0 unspecified atom stereocenters. The van der Waals surface area contributed by atoms with Crippen LogP contribution in [0.1, 0.15) is 15.9 Å². The van der Waals surface area contributed by atoms with Crippen LogP contribution in [0.3, 0.4) is 0 Å². The normalized spacial score (nSPS) is 12.8. The molecule has 1 aliphatic rings.